The maximum absolute atomic E-state index is 13.4. The van der Waals surface area contributed by atoms with Crippen molar-refractivity contribution in [3.63, 3.8) is 0 Å². The highest BCUT2D eigenvalue weighted by Crippen LogP contribution is 2.37. The number of benzene rings is 2. The molecule has 1 saturated heterocycles. The predicted octanol–water partition coefficient (Wildman–Crippen LogP) is 4.87. The Labute approximate surface area is 165 Å². The summed E-state index contributed by atoms with van der Waals surface area (Å²) in [6.45, 7) is 0.950. The van der Waals surface area contributed by atoms with Crippen LogP contribution in [0.5, 0.6) is 11.6 Å². The number of anilines is 1. The molecule has 1 aliphatic heterocycles. The third kappa shape index (κ3) is 4.48. The van der Waals surface area contributed by atoms with Crippen molar-refractivity contribution in [1.29, 1.82) is 0 Å². The van der Waals surface area contributed by atoms with Crippen LogP contribution in [0.2, 0.25) is 0 Å². The second kappa shape index (κ2) is 8.08. The quantitative estimate of drug-likeness (QED) is 0.625. The highest BCUT2D eigenvalue weighted by Gasteiger charge is 2.36. The second-order valence-electron chi connectivity index (χ2n) is 6.50. The van der Waals surface area contributed by atoms with Crippen LogP contribution in [0.3, 0.4) is 0 Å². The van der Waals surface area contributed by atoms with Gasteiger partial charge in [0.2, 0.25) is 11.8 Å². The lowest BCUT2D eigenvalue weighted by Crippen LogP contribution is -2.40. The van der Waals surface area contributed by atoms with Crippen LogP contribution in [-0.2, 0) is 10.9 Å². The Balaban J connectivity index is 1.55. The Hall–Kier alpha value is -3.13. The Morgan fingerprint density at radius 3 is 2.55 bits per heavy atom. The first-order valence-corrected chi connectivity index (χ1v) is 9.09. The molecule has 1 fully saturated rings. The summed E-state index contributed by atoms with van der Waals surface area (Å²) in [5, 5.41) is 0. The number of para-hydroxylation sites is 1. The molecule has 1 unspecified atom stereocenters. The van der Waals surface area contributed by atoms with Crippen LogP contribution in [0.15, 0.2) is 66.9 Å². The van der Waals surface area contributed by atoms with Gasteiger partial charge < -0.3 is 14.4 Å². The Morgan fingerprint density at radius 2 is 1.76 bits per heavy atom. The molecule has 0 amide bonds. The van der Waals surface area contributed by atoms with Gasteiger partial charge in [-0.25, -0.2) is 4.98 Å². The normalized spacial score (nSPS) is 17.2. The van der Waals surface area contributed by atoms with Crippen LogP contribution in [0.1, 0.15) is 17.2 Å². The summed E-state index contributed by atoms with van der Waals surface area (Å²) in [7, 11) is 0. The smallest absolute Gasteiger partial charge is 0.416 e. The van der Waals surface area contributed by atoms with E-state index in [-0.39, 0.29) is 18.7 Å². The van der Waals surface area contributed by atoms with Gasteiger partial charge in [-0.2, -0.15) is 18.2 Å². The number of aromatic nitrogens is 2. The highest BCUT2D eigenvalue weighted by atomic mass is 19.4. The van der Waals surface area contributed by atoms with Crippen LogP contribution >= 0.6 is 0 Å². The zero-order valence-corrected chi connectivity index (χ0v) is 15.3. The lowest BCUT2D eigenvalue weighted by Gasteiger charge is -2.34. The lowest BCUT2D eigenvalue weighted by atomic mass is 10.0. The van der Waals surface area contributed by atoms with Crippen molar-refractivity contribution < 1.29 is 22.6 Å². The third-order valence-electron chi connectivity index (χ3n) is 4.55. The zero-order valence-electron chi connectivity index (χ0n) is 15.3. The monoisotopic (exact) mass is 401 g/mol. The molecule has 3 aromatic rings. The summed E-state index contributed by atoms with van der Waals surface area (Å²) in [5.74, 6) is 1.38. The van der Waals surface area contributed by atoms with Crippen LogP contribution < -0.4 is 9.64 Å². The SMILES string of the molecule is FC(F)(F)c1ccccc1C1CN(c2nccc(Oc3ccccc3)n2)CCO1. The van der Waals surface area contributed by atoms with E-state index in [1.54, 1.807) is 35.4 Å². The van der Waals surface area contributed by atoms with Gasteiger partial charge in [0.05, 0.1) is 18.7 Å². The van der Waals surface area contributed by atoms with Gasteiger partial charge in [-0.15, -0.1) is 0 Å². The van der Waals surface area contributed by atoms with Crippen molar-refractivity contribution in [3.8, 4) is 11.6 Å². The molecule has 150 valence electrons. The molecule has 0 radical (unpaired) electrons. The number of morpholine rings is 1. The van der Waals surface area contributed by atoms with E-state index in [9.17, 15) is 13.2 Å². The highest BCUT2D eigenvalue weighted by molar-refractivity contribution is 5.38. The molecule has 2 heterocycles. The van der Waals surface area contributed by atoms with E-state index < -0.39 is 17.8 Å². The molecule has 0 spiro atoms. The van der Waals surface area contributed by atoms with Crippen molar-refractivity contribution in [3.05, 3.63) is 78.0 Å². The minimum atomic E-state index is -4.44. The Kier molecular flexibility index (Phi) is 5.35. The van der Waals surface area contributed by atoms with E-state index in [1.165, 1.54) is 12.1 Å². The maximum Gasteiger partial charge on any atom is 0.416 e. The van der Waals surface area contributed by atoms with Gasteiger partial charge in [0.15, 0.2) is 0 Å². The lowest BCUT2D eigenvalue weighted by molar-refractivity contribution is -0.139. The van der Waals surface area contributed by atoms with Crippen molar-refractivity contribution >= 4 is 5.95 Å². The van der Waals surface area contributed by atoms with E-state index in [0.29, 0.717) is 24.1 Å². The molecule has 1 atom stereocenters. The van der Waals surface area contributed by atoms with Gasteiger partial charge >= 0.3 is 6.18 Å². The summed E-state index contributed by atoms with van der Waals surface area (Å²) < 4.78 is 51.5. The maximum atomic E-state index is 13.4. The predicted molar refractivity (Wildman–Crippen MR) is 101 cm³/mol. The average molecular weight is 401 g/mol. The number of ether oxygens (including phenoxy) is 2. The fourth-order valence-corrected chi connectivity index (χ4v) is 3.21. The van der Waals surface area contributed by atoms with Gasteiger partial charge in [0.25, 0.3) is 0 Å². The van der Waals surface area contributed by atoms with Gasteiger partial charge in [-0.1, -0.05) is 36.4 Å². The van der Waals surface area contributed by atoms with Crippen molar-refractivity contribution in [2.45, 2.75) is 12.3 Å². The first-order valence-electron chi connectivity index (χ1n) is 9.09. The molecule has 0 aliphatic carbocycles. The minimum Gasteiger partial charge on any atom is -0.439 e. The largest absolute Gasteiger partial charge is 0.439 e. The van der Waals surface area contributed by atoms with E-state index in [0.717, 1.165) is 6.07 Å². The number of rotatable bonds is 4. The van der Waals surface area contributed by atoms with Crippen molar-refractivity contribution in [2.24, 2.45) is 0 Å². The molecule has 8 heteroatoms. The molecule has 1 aromatic heterocycles. The molecular weight excluding hydrogens is 383 g/mol. The zero-order chi connectivity index (χ0) is 20.3. The van der Waals surface area contributed by atoms with Crippen LogP contribution in [0, 0.1) is 0 Å². The summed E-state index contributed by atoms with van der Waals surface area (Å²) >= 11 is 0. The van der Waals surface area contributed by atoms with E-state index in [4.69, 9.17) is 9.47 Å². The summed E-state index contributed by atoms with van der Waals surface area (Å²) in [6.07, 6.45) is -3.61. The molecule has 2 aromatic carbocycles. The van der Waals surface area contributed by atoms with Crippen molar-refractivity contribution in [2.75, 3.05) is 24.6 Å². The Morgan fingerprint density at radius 1 is 1.00 bits per heavy atom. The number of nitrogens with zero attached hydrogens (tertiary/aromatic N) is 3. The summed E-state index contributed by atoms with van der Waals surface area (Å²) in [6, 6.07) is 16.3. The molecule has 0 bridgehead atoms. The number of hydrogen-bond acceptors (Lipinski definition) is 5. The average Bonchev–Trinajstić information content (AvgIpc) is 2.74. The number of hydrogen-bond donors (Lipinski definition) is 0. The van der Waals surface area contributed by atoms with E-state index in [2.05, 4.69) is 9.97 Å². The minimum absolute atomic E-state index is 0.112. The van der Waals surface area contributed by atoms with E-state index >= 15 is 0 Å². The van der Waals surface area contributed by atoms with Crippen molar-refractivity contribution in [1.82, 2.24) is 9.97 Å². The summed E-state index contributed by atoms with van der Waals surface area (Å²) in [4.78, 5) is 10.5. The Bertz CT molecular complexity index is 967. The van der Waals surface area contributed by atoms with Gasteiger partial charge in [0, 0.05) is 18.8 Å². The van der Waals surface area contributed by atoms with Crippen LogP contribution in [0.4, 0.5) is 19.1 Å². The first kappa shape index (κ1) is 19.2. The van der Waals surface area contributed by atoms with Gasteiger partial charge in [-0.05, 0) is 23.8 Å². The molecule has 5 nitrogen and oxygen atoms in total. The number of alkyl halides is 3. The molecular formula is C21H18F3N3O2. The third-order valence-corrected chi connectivity index (χ3v) is 4.55. The first-order chi connectivity index (χ1) is 14.0. The fraction of sp³-hybridized carbons (Fsp3) is 0.238. The van der Waals surface area contributed by atoms with Gasteiger partial charge in [0.1, 0.15) is 11.9 Å². The van der Waals surface area contributed by atoms with E-state index in [1.807, 2.05) is 18.2 Å². The van der Waals surface area contributed by atoms with Crippen LogP contribution in [-0.4, -0.2) is 29.7 Å². The summed E-state index contributed by atoms with van der Waals surface area (Å²) in [5.41, 5.74) is -0.574. The van der Waals surface area contributed by atoms with Crippen LogP contribution in [0.25, 0.3) is 0 Å². The number of halogens is 3. The molecule has 1 aliphatic rings. The molecule has 4 rings (SSSR count). The standard InChI is InChI=1S/C21H18F3N3O2/c22-21(23,24)17-9-5-4-8-16(17)18-14-27(12-13-28-18)20-25-11-10-19(26-20)29-15-6-2-1-3-7-15/h1-11,18H,12-14H2. The molecule has 0 N–H and O–H groups in total. The fourth-order valence-electron chi connectivity index (χ4n) is 3.21. The second-order valence-corrected chi connectivity index (χ2v) is 6.50. The molecule has 29 heavy (non-hydrogen) atoms. The topological polar surface area (TPSA) is 47.5 Å². The molecule has 0 saturated carbocycles. The van der Waals surface area contributed by atoms with Gasteiger partial charge in [-0.3, -0.25) is 0 Å².